The maximum Gasteiger partial charge on any atom is 0.406 e. The topological polar surface area (TPSA) is 82.7 Å². The van der Waals surface area contributed by atoms with E-state index in [-0.39, 0.29) is 12.0 Å². The van der Waals surface area contributed by atoms with Gasteiger partial charge < -0.3 is 15.4 Å². The molecule has 7 nitrogen and oxygen atoms in total. The minimum atomic E-state index is -4.59. The third-order valence-electron chi connectivity index (χ3n) is 5.81. The highest BCUT2D eigenvalue weighted by atomic mass is 19.4. The number of hydrogen-bond donors (Lipinski definition) is 3. The second-order valence-corrected chi connectivity index (χ2v) is 7.88. The summed E-state index contributed by atoms with van der Waals surface area (Å²) in [5.74, 6) is -1.77. The van der Waals surface area contributed by atoms with Crippen molar-refractivity contribution in [1.82, 2.24) is 15.8 Å². The van der Waals surface area contributed by atoms with Gasteiger partial charge in [-0.3, -0.25) is 14.6 Å². The standard InChI is InChI=1S/C23H23F3N4O3/c1-13-15(12-18(31)28-16-10-6-7-11-17(16)33-2)22(32)30-21(27-13)19(14-8-4-3-5-9-14)20(29-30)23(24,25)26/h3-11,19-21,27,29H,12H2,1-2H3,(H,28,31). The van der Waals surface area contributed by atoms with Crippen LogP contribution in [-0.2, 0) is 9.59 Å². The van der Waals surface area contributed by atoms with Crippen molar-refractivity contribution in [2.75, 3.05) is 12.4 Å². The second-order valence-electron chi connectivity index (χ2n) is 7.88. The largest absolute Gasteiger partial charge is 0.495 e. The Kier molecular flexibility index (Phi) is 6.03. The molecule has 0 aliphatic carbocycles. The Balaban J connectivity index is 1.58. The van der Waals surface area contributed by atoms with Crippen LogP contribution in [0.25, 0.3) is 0 Å². The predicted octanol–water partition coefficient (Wildman–Crippen LogP) is 3.29. The first-order valence-electron chi connectivity index (χ1n) is 10.3. The number of carbonyl (C=O) groups is 2. The van der Waals surface area contributed by atoms with Crippen molar-refractivity contribution in [1.29, 1.82) is 0 Å². The summed E-state index contributed by atoms with van der Waals surface area (Å²) < 4.78 is 46.8. The molecule has 0 radical (unpaired) electrons. The molecule has 3 N–H and O–H groups in total. The number of para-hydroxylation sites is 2. The average molecular weight is 460 g/mol. The fraction of sp³-hybridized carbons (Fsp3) is 0.304. The van der Waals surface area contributed by atoms with Crippen molar-refractivity contribution in [3.63, 3.8) is 0 Å². The SMILES string of the molecule is COc1ccccc1NC(=O)CC1=C(C)NC2C(c3ccccc3)C(C(F)(F)F)NN2C1=O. The van der Waals surface area contributed by atoms with Gasteiger partial charge in [-0.25, -0.2) is 5.43 Å². The predicted molar refractivity (Wildman–Crippen MR) is 115 cm³/mol. The molecule has 4 rings (SSSR count). The molecule has 1 fully saturated rings. The lowest BCUT2D eigenvalue weighted by molar-refractivity contribution is -0.161. The zero-order valence-corrected chi connectivity index (χ0v) is 17.9. The maximum atomic E-state index is 13.9. The number of anilines is 1. The third-order valence-corrected chi connectivity index (χ3v) is 5.81. The molecule has 2 aliphatic heterocycles. The molecule has 2 aromatic rings. The van der Waals surface area contributed by atoms with Crippen molar-refractivity contribution < 1.29 is 27.5 Å². The number of amides is 2. The molecule has 3 atom stereocenters. The van der Waals surface area contributed by atoms with E-state index >= 15 is 0 Å². The van der Waals surface area contributed by atoms with Crippen molar-refractivity contribution in [3.05, 3.63) is 71.4 Å². The zero-order valence-electron chi connectivity index (χ0n) is 17.9. The number of hydrazine groups is 1. The monoisotopic (exact) mass is 460 g/mol. The van der Waals surface area contributed by atoms with Gasteiger partial charge in [-0.2, -0.15) is 13.2 Å². The van der Waals surface area contributed by atoms with Crippen LogP contribution in [0.1, 0.15) is 24.8 Å². The molecule has 33 heavy (non-hydrogen) atoms. The van der Waals surface area contributed by atoms with E-state index in [1.807, 2.05) is 0 Å². The molecule has 0 bridgehead atoms. The lowest BCUT2D eigenvalue weighted by Gasteiger charge is -2.35. The lowest BCUT2D eigenvalue weighted by atomic mass is 9.89. The van der Waals surface area contributed by atoms with Crippen LogP contribution in [0.15, 0.2) is 65.9 Å². The average Bonchev–Trinajstić information content (AvgIpc) is 3.17. The summed E-state index contributed by atoms with van der Waals surface area (Å²) in [4.78, 5) is 25.8. The summed E-state index contributed by atoms with van der Waals surface area (Å²) >= 11 is 0. The normalized spacial score (nSPS) is 22.6. The van der Waals surface area contributed by atoms with Gasteiger partial charge in [0, 0.05) is 11.3 Å². The fourth-order valence-corrected chi connectivity index (χ4v) is 4.25. The molecule has 2 amide bonds. The van der Waals surface area contributed by atoms with Gasteiger partial charge in [0.2, 0.25) is 5.91 Å². The second kappa shape index (κ2) is 8.78. The zero-order chi connectivity index (χ0) is 23.8. The highest BCUT2D eigenvalue weighted by Gasteiger charge is 2.57. The molecule has 1 saturated heterocycles. The van der Waals surface area contributed by atoms with E-state index in [1.165, 1.54) is 7.11 Å². The van der Waals surface area contributed by atoms with Crippen molar-refractivity contribution >= 4 is 17.5 Å². The van der Waals surface area contributed by atoms with E-state index in [2.05, 4.69) is 16.1 Å². The first kappa shape index (κ1) is 22.7. The number of benzene rings is 2. The Labute approximate surface area is 188 Å². The Hall–Kier alpha value is -3.53. The van der Waals surface area contributed by atoms with Crippen LogP contribution >= 0.6 is 0 Å². The number of allylic oxidation sites excluding steroid dienone is 1. The molecule has 10 heteroatoms. The highest BCUT2D eigenvalue weighted by Crippen LogP contribution is 2.41. The van der Waals surface area contributed by atoms with E-state index in [1.54, 1.807) is 61.5 Å². The number of rotatable bonds is 5. The molecule has 0 spiro atoms. The van der Waals surface area contributed by atoms with E-state index in [9.17, 15) is 22.8 Å². The number of nitrogens with one attached hydrogen (secondary N) is 3. The van der Waals surface area contributed by atoms with Crippen LogP contribution < -0.4 is 20.8 Å². The minimum absolute atomic E-state index is 0.0841. The molecule has 0 saturated carbocycles. The summed E-state index contributed by atoms with van der Waals surface area (Å²) in [6, 6.07) is 13.1. The van der Waals surface area contributed by atoms with Crippen molar-refractivity contribution in [3.8, 4) is 5.75 Å². The van der Waals surface area contributed by atoms with Crippen LogP contribution in [0.2, 0.25) is 0 Å². The number of hydrogen-bond acceptors (Lipinski definition) is 5. The number of carbonyl (C=O) groups excluding carboxylic acids is 2. The lowest BCUT2D eigenvalue weighted by Crippen LogP contribution is -2.55. The highest BCUT2D eigenvalue weighted by molar-refractivity contribution is 6.03. The molecule has 2 heterocycles. The summed E-state index contributed by atoms with van der Waals surface area (Å²) in [6.07, 6.45) is -5.85. The van der Waals surface area contributed by atoms with Crippen LogP contribution in [0.4, 0.5) is 18.9 Å². The van der Waals surface area contributed by atoms with Gasteiger partial charge >= 0.3 is 6.18 Å². The van der Waals surface area contributed by atoms with Gasteiger partial charge in [0.15, 0.2) is 0 Å². The number of ether oxygens (including phenoxy) is 1. The number of halogens is 3. The van der Waals surface area contributed by atoms with E-state index in [4.69, 9.17) is 4.74 Å². The summed E-state index contributed by atoms with van der Waals surface area (Å²) in [5.41, 5.74) is 3.66. The van der Waals surface area contributed by atoms with Gasteiger partial charge in [-0.05, 0) is 24.6 Å². The summed E-state index contributed by atoms with van der Waals surface area (Å²) in [6.45, 7) is 1.59. The summed E-state index contributed by atoms with van der Waals surface area (Å²) in [5, 5.41) is 6.65. The Morgan fingerprint density at radius 1 is 1.12 bits per heavy atom. The van der Waals surface area contributed by atoms with Crippen LogP contribution in [0.5, 0.6) is 5.75 Å². The third kappa shape index (κ3) is 4.38. The maximum absolute atomic E-state index is 13.9. The van der Waals surface area contributed by atoms with Crippen molar-refractivity contribution in [2.24, 2.45) is 0 Å². The molecular weight excluding hydrogens is 437 g/mol. The molecule has 3 unspecified atom stereocenters. The Bertz CT molecular complexity index is 1090. The van der Waals surface area contributed by atoms with E-state index < -0.39 is 36.1 Å². The number of alkyl halides is 3. The van der Waals surface area contributed by atoms with Gasteiger partial charge in [-0.15, -0.1) is 0 Å². The molecule has 2 aromatic carbocycles. The van der Waals surface area contributed by atoms with Gasteiger partial charge in [-0.1, -0.05) is 42.5 Å². The summed E-state index contributed by atoms with van der Waals surface area (Å²) in [7, 11) is 1.46. The van der Waals surface area contributed by atoms with E-state index in [0.717, 1.165) is 5.01 Å². The fourth-order valence-electron chi connectivity index (χ4n) is 4.25. The smallest absolute Gasteiger partial charge is 0.406 e. The van der Waals surface area contributed by atoms with Gasteiger partial charge in [0.25, 0.3) is 5.91 Å². The molecular formula is C23H23F3N4O3. The number of fused-ring (bicyclic) bond motifs is 1. The van der Waals surface area contributed by atoms with Gasteiger partial charge in [0.1, 0.15) is 18.0 Å². The van der Waals surface area contributed by atoms with Crippen LogP contribution in [0.3, 0.4) is 0 Å². The number of nitrogens with zero attached hydrogens (tertiary/aromatic N) is 1. The first-order chi connectivity index (χ1) is 15.7. The first-order valence-corrected chi connectivity index (χ1v) is 10.3. The quantitative estimate of drug-likeness (QED) is 0.638. The Morgan fingerprint density at radius 3 is 2.45 bits per heavy atom. The van der Waals surface area contributed by atoms with Gasteiger partial charge in [0.05, 0.1) is 25.1 Å². The molecule has 0 aromatic heterocycles. The molecule has 2 aliphatic rings. The molecule has 174 valence electrons. The number of methoxy groups -OCH3 is 1. The van der Waals surface area contributed by atoms with E-state index in [0.29, 0.717) is 22.7 Å². The van der Waals surface area contributed by atoms with Crippen LogP contribution in [0, 0.1) is 0 Å². The Morgan fingerprint density at radius 2 is 1.79 bits per heavy atom. The van der Waals surface area contributed by atoms with Crippen LogP contribution in [-0.4, -0.2) is 42.3 Å². The van der Waals surface area contributed by atoms with Crippen molar-refractivity contribution in [2.45, 2.75) is 37.6 Å². The minimum Gasteiger partial charge on any atom is -0.495 e.